The Kier molecular flexibility index (Phi) is 6.43. The Balaban J connectivity index is 0.00000220. The highest BCUT2D eigenvalue weighted by atomic mass is 35.5. The third kappa shape index (κ3) is 4.31. The molecule has 0 amide bonds. The van der Waals surface area contributed by atoms with E-state index in [0.29, 0.717) is 19.5 Å². The Hall–Kier alpha value is -0.850. The molecule has 0 unspecified atom stereocenters. The van der Waals surface area contributed by atoms with Crippen molar-refractivity contribution in [3.05, 3.63) is 35.1 Å². The van der Waals surface area contributed by atoms with Crippen molar-refractivity contribution >= 4 is 12.4 Å². The number of nitrogens with zero attached hydrogens (tertiary/aromatic N) is 1. The molecule has 1 aliphatic rings. The van der Waals surface area contributed by atoms with Crippen molar-refractivity contribution in [3.63, 3.8) is 0 Å². The second kappa shape index (κ2) is 7.42. The molecule has 1 aliphatic heterocycles. The van der Waals surface area contributed by atoms with E-state index in [9.17, 15) is 17.6 Å². The largest absolute Gasteiger partial charge is 0.416 e. The third-order valence-corrected chi connectivity index (χ3v) is 3.66. The molecule has 2 rings (SSSR count). The number of rotatable bonds is 3. The highest BCUT2D eigenvalue weighted by Gasteiger charge is 2.32. The quantitative estimate of drug-likeness (QED) is 0.853. The summed E-state index contributed by atoms with van der Waals surface area (Å²) in [5.74, 6) is -0.566. The molecule has 1 atom stereocenters. The molecule has 7 heteroatoms. The van der Waals surface area contributed by atoms with E-state index in [1.54, 1.807) is 0 Å². The van der Waals surface area contributed by atoms with Gasteiger partial charge >= 0.3 is 6.18 Å². The molecule has 0 saturated carbocycles. The lowest BCUT2D eigenvalue weighted by atomic mass is 9.99. The molecule has 21 heavy (non-hydrogen) atoms. The lowest BCUT2D eigenvalue weighted by molar-refractivity contribution is -0.137. The number of hydrogen-bond acceptors (Lipinski definition) is 2. The van der Waals surface area contributed by atoms with Crippen LogP contribution in [0.5, 0.6) is 0 Å². The molecular weight excluding hydrogens is 308 g/mol. The number of piperazine rings is 1. The van der Waals surface area contributed by atoms with Gasteiger partial charge in [-0.3, -0.25) is 4.90 Å². The van der Waals surface area contributed by atoms with Gasteiger partial charge in [-0.2, -0.15) is 13.2 Å². The van der Waals surface area contributed by atoms with Gasteiger partial charge in [-0.05, 0) is 24.6 Å². The SMILES string of the molecule is CC[C@H](c1cc(C(F)(F)F)ccc1F)N1CCNCC1.Cl. The zero-order valence-electron chi connectivity index (χ0n) is 11.7. The topological polar surface area (TPSA) is 15.3 Å². The van der Waals surface area contributed by atoms with E-state index in [4.69, 9.17) is 0 Å². The van der Waals surface area contributed by atoms with Gasteiger partial charge in [0, 0.05) is 37.8 Å². The Morgan fingerprint density at radius 1 is 1.24 bits per heavy atom. The van der Waals surface area contributed by atoms with Crippen LogP contribution in [-0.4, -0.2) is 31.1 Å². The average molecular weight is 327 g/mol. The molecule has 0 spiro atoms. The summed E-state index contributed by atoms with van der Waals surface area (Å²) in [7, 11) is 0. The van der Waals surface area contributed by atoms with Gasteiger partial charge in [0.05, 0.1) is 5.56 Å². The molecule has 0 radical (unpaired) electrons. The molecule has 120 valence electrons. The second-order valence-electron chi connectivity index (χ2n) is 4.94. The summed E-state index contributed by atoms with van der Waals surface area (Å²) in [6.45, 7) is 4.85. The Morgan fingerprint density at radius 2 is 1.86 bits per heavy atom. The fourth-order valence-electron chi connectivity index (χ4n) is 2.64. The third-order valence-electron chi connectivity index (χ3n) is 3.66. The minimum absolute atomic E-state index is 0. The van der Waals surface area contributed by atoms with Crippen molar-refractivity contribution < 1.29 is 17.6 Å². The molecule has 0 aromatic heterocycles. The minimum atomic E-state index is -4.44. The normalized spacial score (nSPS) is 18.1. The van der Waals surface area contributed by atoms with E-state index < -0.39 is 17.6 Å². The van der Waals surface area contributed by atoms with Crippen LogP contribution < -0.4 is 5.32 Å². The first-order valence-corrected chi connectivity index (χ1v) is 6.75. The van der Waals surface area contributed by atoms with E-state index in [-0.39, 0.29) is 24.0 Å². The van der Waals surface area contributed by atoms with Gasteiger partial charge in [-0.15, -0.1) is 12.4 Å². The van der Waals surface area contributed by atoms with Crippen LogP contribution in [0.1, 0.15) is 30.5 Å². The predicted molar refractivity (Wildman–Crippen MR) is 76.1 cm³/mol. The fraction of sp³-hybridized carbons (Fsp3) is 0.571. The van der Waals surface area contributed by atoms with Crippen LogP contribution in [0.15, 0.2) is 18.2 Å². The second-order valence-corrected chi connectivity index (χ2v) is 4.94. The zero-order chi connectivity index (χ0) is 14.8. The first kappa shape index (κ1) is 18.2. The van der Waals surface area contributed by atoms with Crippen molar-refractivity contribution in [2.75, 3.05) is 26.2 Å². The molecule has 1 aromatic carbocycles. The van der Waals surface area contributed by atoms with Crippen LogP contribution in [0.2, 0.25) is 0 Å². The first-order valence-electron chi connectivity index (χ1n) is 6.75. The van der Waals surface area contributed by atoms with Crippen molar-refractivity contribution in [1.29, 1.82) is 0 Å². The maximum atomic E-state index is 13.9. The lowest BCUT2D eigenvalue weighted by Crippen LogP contribution is -2.45. The molecule has 1 aromatic rings. The standard InChI is InChI=1S/C14H18F4N2.ClH/c1-2-13(20-7-5-19-6-8-20)11-9-10(14(16,17)18)3-4-12(11)15;/h3-4,9,13,19H,2,5-8H2,1H3;1H/t13-;/m1./s1. The molecule has 0 bridgehead atoms. The molecule has 1 saturated heterocycles. The smallest absolute Gasteiger partial charge is 0.314 e. The summed E-state index contributed by atoms with van der Waals surface area (Å²) >= 11 is 0. The number of halogens is 5. The number of alkyl halides is 3. The number of nitrogens with one attached hydrogen (secondary N) is 1. The van der Waals surface area contributed by atoms with Crippen LogP contribution in [0, 0.1) is 5.82 Å². The molecule has 1 heterocycles. The summed E-state index contributed by atoms with van der Waals surface area (Å²) in [5.41, 5.74) is -0.647. The highest BCUT2D eigenvalue weighted by molar-refractivity contribution is 5.85. The molecule has 0 aliphatic carbocycles. The van der Waals surface area contributed by atoms with Gasteiger partial charge in [-0.25, -0.2) is 4.39 Å². The summed E-state index contributed by atoms with van der Waals surface area (Å²) in [4.78, 5) is 2.04. The lowest BCUT2D eigenvalue weighted by Gasteiger charge is -2.35. The summed E-state index contributed by atoms with van der Waals surface area (Å²) in [6, 6.07) is 2.36. The highest BCUT2D eigenvalue weighted by Crippen LogP contribution is 2.34. The van der Waals surface area contributed by atoms with Gasteiger partial charge < -0.3 is 5.32 Å². The minimum Gasteiger partial charge on any atom is -0.314 e. The fourth-order valence-corrected chi connectivity index (χ4v) is 2.64. The monoisotopic (exact) mass is 326 g/mol. The zero-order valence-corrected chi connectivity index (χ0v) is 12.5. The van der Waals surface area contributed by atoms with Crippen LogP contribution >= 0.6 is 12.4 Å². The molecule has 2 nitrogen and oxygen atoms in total. The summed E-state index contributed by atoms with van der Waals surface area (Å²) in [5, 5.41) is 3.18. The van der Waals surface area contributed by atoms with Gasteiger partial charge in [0.25, 0.3) is 0 Å². The average Bonchev–Trinajstić information content (AvgIpc) is 2.41. The predicted octanol–water partition coefficient (Wildman–Crippen LogP) is 3.62. The van der Waals surface area contributed by atoms with Crippen molar-refractivity contribution in [3.8, 4) is 0 Å². The van der Waals surface area contributed by atoms with Crippen LogP contribution in [0.4, 0.5) is 17.6 Å². The van der Waals surface area contributed by atoms with Gasteiger partial charge in [0.15, 0.2) is 0 Å². The van der Waals surface area contributed by atoms with E-state index in [2.05, 4.69) is 5.32 Å². The maximum Gasteiger partial charge on any atom is 0.416 e. The first-order chi connectivity index (χ1) is 9.43. The van der Waals surface area contributed by atoms with Gasteiger partial charge in [0.1, 0.15) is 5.82 Å². The van der Waals surface area contributed by atoms with E-state index in [1.165, 1.54) is 0 Å². The van der Waals surface area contributed by atoms with E-state index in [0.717, 1.165) is 31.3 Å². The molecule has 1 fully saturated rings. The van der Waals surface area contributed by atoms with Crippen molar-refractivity contribution in [2.45, 2.75) is 25.6 Å². The van der Waals surface area contributed by atoms with Crippen LogP contribution in [0.3, 0.4) is 0 Å². The van der Waals surface area contributed by atoms with Crippen LogP contribution in [0.25, 0.3) is 0 Å². The van der Waals surface area contributed by atoms with Gasteiger partial charge in [0.2, 0.25) is 0 Å². The number of benzene rings is 1. The maximum absolute atomic E-state index is 13.9. The van der Waals surface area contributed by atoms with E-state index in [1.807, 2.05) is 11.8 Å². The Bertz CT molecular complexity index is 459. The molecular formula is C14H19ClF4N2. The van der Waals surface area contributed by atoms with Crippen LogP contribution in [-0.2, 0) is 6.18 Å². The molecule has 1 N–H and O–H groups in total. The Morgan fingerprint density at radius 3 is 2.38 bits per heavy atom. The number of hydrogen-bond donors (Lipinski definition) is 1. The van der Waals surface area contributed by atoms with Crippen molar-refractivity contribution in [2.24, 2.45) is 0 Å². The van der Waals surface area contributed by atoms with Crippen molar-refractivity contribution in [1.82, 2.24) is 10.2 Å². The summed E-state index contributed by atoms with van der Waals surface area (Å²) < 4.78 is 52.2. The van der Waals surface area contributed by atoms with Gasteiger partial charge in [-0.1, -0.05) is 6.92 Å². The Labute approximate surface area is 127 Å². The van der Waals surface area contributed by atoms with E-state index >= 15 is 0 Å². The summed E-state index contributed by atoms with van der Waals surface area (Å²) in [6.07, 6.45) is -3.86.